The lowest BCUT2D eigenvalue weighted by atomic mass is 10.1. The molecular formula is C24H28N2O3S. The summed E-state index contributed by atoms with van der Waals surface area (Å²) in [5, 5.41) is 5.31. The number of carbonyl (C=O) groups is 2. The Bertz CT molecular complexity index is 1010. The van der Waals surface area contributed by atoms with Gasteiger partial charge in [-0.25, -0.2) is 4.79 Å². The highest BCUT2D eigenvalue weighted by Crippen LogP contribution is 2.21. The Morgan fingerprint density at radius 3 is 2.63 bits per heavy atom. The topological polar surface area (TPSA) is 60.3 Å². The highest BCUT2D eigenvalue weighted by molar-refractivity contribution is 7.09. The van der Waals surface area contributed by atoms with E-state index in [1.807, 2.05) is 43.5 Å². The van der Waals surface area contributed by atoms with Crippen molar-refractivity contribution in [1.29, 1.82) is 0 Å². The number of aryl methyl sites for hydroxylation is 1. The summed E-state index contributed by atoms with van der Waals surface area (Å²) in [6.45, 7) is 7.29. The molecule has 0 bridgehead atoms. The maximum Gasteiger partial charge on any atom is 0.340 e. The predicted molar refractivity (Wildman–Crippen MR) is 122 cm³/mol. The summed E-state index contributed by atoms with van der Waals surface area (Å²) in [5.41, 5.74) is 3.69. The van der Waals surface area contributed by atoms with E-state index in [4.69, 9.17) is 4.74 Å². The number of carbonyl (C=O) groups excluding carboxylic acids is 2. The van der Waals surface area contributed by atoms with E-state index >= 15 is 0 Å². The van der Waals surface area contributed by atoms with Gasteiger partial charge in [0, 0.05) is 34.1 Å². The normalized spacial score (nSPS) is 10.8. The highest BCUT2D eigenvalue weighted by Gasteiger charge is 2.19. The third-order valence-electron chi connectivity index (χ3n) is 5.10. The molecular weight excluding hydrogens is 396 g/mol. The van der Waals surface area contributed by atoms with Crippen LogP contribution in [0, 0.1) is 13.8 Å². The summed E-state index contributed by atoms with van der Waals surface area (Å²) in [4.78, 5) is 26.6. The standard InChI is InChI=1S/C24H28N2O3S/c1-4-5-12-25-22-11-7-6-10-20(22)24(28)29-16-23(27)21-14-17(2)26(18(21)3)15-19-9-8-13-30-19/h6-11,13-14,25H,4-5,12,15-16H2,1-3H3. The molecule has 0 aliphatic rings. The Hall–Kier alpha value is -2.86. The lowest BCUT2D eigenvalue weighted by Crippen LogP contribution is -2.16. The average molecular weight is 425 g/mol. The molecule has 0 saturated carbocycles. The van der Waals surface area contributed by atoms with E-state index in [1.165, 1.54) is 4.88 Å². The van der Waals surface area contributed by atoms with E-state index in [2.05, 4.69) is 22.9 Å². The summed E-state index contributed by atoms with van der Waals surface area (Å²) in [6, 6.07) is 13.2. The van der Waals surface area contributed by atoms with Crippen molar-refractivity contribution in [2.75, 3.05) is 18.5 Å². The molecule has 3 rings (SSSR count). The summed E-state index contributed by atoms with van der Waals surface area (Å²) >= 11 is 1.69. The van der Waals surface area contributed by atoms with Crippen LogP contribution in [0.2, 0.25) is 0 Å². The van der Waals surface area contributed by atoms with Crippen molar-refractivity contribution in [3.05, 3.63) is 75.2 Å². The number of esters is 1. The molecule has 2 aromatic heterocycles. The van der Waals surface area contributed by atoms with Crippen molar-refractivity contribution in [3.8, 4) is 0 Å². The number of hydrogen-bond acceptors (Lipinski definition) is 5. The number of para-hydroxylation sites is 1. The first-order valence-electron chi connectivity index (χ1n) is 10.2. The predicted octanol–water partition coefficient (Wildman–Crippen LogP) is 5.47. The largest absolute Gasteiger partial charge is 0.454 e. The van der Waals surface area contributed by atoms with Crippen molar-refractivity contribution in [2.24, 2.45) is 0 Å². The minimum Gasteiger partial charge on any atom is -0.454 e. The number of nitrogens with one attached hydrogen (secondary N) is 1. The van der Waals surface area contributed by atoms with Gasteiger partial charge in [0.2, 0.25) is 5.78 Å². The molecule has 158 valence electrons. The van der Waals surface area contributed by atoms with Crippen LogP contribution in [-0.2, 0) is 11.3 Å². The Morgan fingerprint density at radius 2 is 1.90 bits per heavy atom. The minimum absolute atomic E-state index is 0.190. The number of unbranched alkanes of at least 4 members (excludes halogenated alkanes) is 1. The molecule has 1 N–H and O–H groups in total. The Labute approximate surface area is 181 Å². The van der Waals surface area contributed by atoms with Crippen LogP contribution in [0.5, 0.6) is 0 Å². The molecule has 6 heteroatoms. The third-order valence-corrected chi connectivity index (χ3v) is 5.96. The van der Waals surface area contributed by atoms with E-state index in [9.17, 15) is 9.59 Å². The fraction of sp³-hybridized carbons (Fsp3) is 0.333. The third kappa shape index (κ3) is 5.19. The molecule has 1 aromatic carbocycles. The Kier molecular flexibility index (Phi) is 7.46. The van der Waals surface area contributed by atoms with Crippen molar-refractivity contribution in [2.45, 2.75) is 40.2 Å². The zero-order valence-electron chi connectivity index (χ0n) is 17.7. The number of Topliss-reactive ketones (excluding diaryl/α,β-unsaturated/α-hetero) is 1. The second-order valence-corrected chi connectivity index (χ2v) is 8.31. The van der Waals surface area contributed by atoms with Gasteiger partial charge < -0.3 is 14.6 Å². The molecule has 30 heavy (non-hydrogen) atoms. The van der Waals surface area contributed by atoms with Crippen LogP contribution in [-0.4, -0.2) is 29.5 Å². The van der Waals surface area contributed by atoms with Gasteiger partial charge in [0.25, 0.3) is 0 Å². The molecule has 0 radical (unpaired) electrons. The maximum atomic E-state index is 12.8. The van der Waals surface area contributed by atoms with E-state index < -0.39 is 5.97 Å². The molecule has 0 aliphatic carbocycles. The van der Waals surface area contributed by atoms with E-state index in [0.29, 0.717) is 11.1 Å². The van der Waals surface area contributed by atoms with Gasteiger partial charge in [0.05, 0.1) is 12.1 Å². The quantitative estimate of drug-likeness (QED) is 0.266. The Balaban J connectivity index is 1.65. The molecule has 3 aromatic rings. The fourth-order valence-corrected chi connectivity index (χ4v) is 4.08. The van der Waals surface area contributed by atoms with Crippen LogP contribution in [0.15, 0.2) is 47.8 Å². The number of thiophene rings is 1. The van der Waals surface area contributed by atoms with Crippen molar-refractivity contribution in [1.82, 2.24) is 4.57 Å². The molecule has 0 spiro atoms. The van der Waals surface area contributed by atoms with Gasteiger partial charge in [-0.15, -0.1) is 11.3 Å². The summed E-state index contributed by atoms with van der Waals surface area (Å²) in [5.74, 6) is -0.680. The van der Waals surface area contributed by atoms with Crippen LogP contribution < -0.4 is 5.32 Å². The number of benzene rings is 1. The number of ketones is 1. The van der Waals surface area contributed by atoms with Gasteiger partial charge in [-0.2, -0.15) is 0 Å². The van der Waals surface area contributed by atoms with Crippen LogP contribution in [0.1, 0.15) is 56.7 Å². The fourth-order valence-electron chi connectivity index (χ4n) is 3.39. The molecule has 0 unspecified atom stereocenters. The minimum atomic E-state index is -0.490. The van der Waals surface area contributed by atoms with Crippen molar-refractivity contribution < 1.29 is 14.3 Å². The first-order chi connectivity index (χ1) is 14.5. The van der Waals surface area contributed by atoms with Gasteiger partial charge in [-0.3, -0.25) is 4.79 Å². The monoisotopic (exact) mass is 424 g/mol. The first kappa shape index (κ1) is 21.8. The van der Waals surface area contributed by atoms with Crippen LogP contribution >= 0.6 is 11.3 Å². The van der Waals surface area contributed by atoms with Gasteiger partial charge in [-0.05, 0) is 49.9 Å². The lowest BCUT2D eigenvalue weighted by molar-refractivity contribution is 0.0475. The summed E-state index contributed by atoms with van der Waals surface area (Å²) in [6.07, 6.45) is 2.09. The number of hydrogen-bond donors (Lipinski definition) is 1. The zero-order chi connectivity index (χ0) is 21.5. The molecule has 5 nitrogen and oxygen atoms in total. The maximum absolute atomic E-state index is 12.8. The molecule has 0 atom stereocenters. The van der Waals surface area contributed by atoms with Crippen LogP contribution in [0.3, 0.4) is 0 Å². The van der Waals surface area contributed by atoms with Crippen molar-refractivity contribution in [3.63, 3.8) is 0 Å². The molecule has 0 aliphatic heterocycles. The molecule has 0 saturated heterocycles. The van der Waals surface area contributed by atoms with Gasteiger partial charge in [-0.1, -0.05) is 31.5 Å². The number of nitrogens with zero attached hydrogens (tertiary/aromatic N) is 1. The lowest BCUT2D eigenvalue weighted by Gasteiger charge is -2.11. The molecule has 2 heterocycles. The molecule has 0 amide bonds. The summed E-state index contributed by atoms with van der Waals surface area (Å²) < 4.78 is 7.48. The van der Waals surface area contributed by atoms with Gasteiger partial charge in [0.1, 0.15) is 0 Å². The average Bonchev–Trinajstić information content (AvgIpc) is 3.36. The second-order valence-electron chi connectivity index (χ2n) is 7.28. The zero-order valence-corrected chi connectivity index (χ0v) is 18.6. The number of ether oxygens (including phenoxy) is 1. The first-order valence-corrected chi connectivity index (χ1v) is 11.1. The Morgan fingerprint density at radius 1 is 1.10 bits per heavy atom. The van der Waals surface area contributed by atoms with Crippen LogP contribution in [0.25, 0.3) is 0 Å². The van der Waals surface area contributed by atoms with Gasteiger partial charge >= 0.3 is 5.97 Å². The van der Waals surface area contributed by atoms with Crippen molar-refractivity contribution >= 4 is 28.8 Å². The highest BCUT2D eigenvalue weighted by atomic mass is 32.1. The number of anilines is 1. The summed E-state index contributed by atoms with van der Waals surface area (Å²) in [7, 11) is 0. The van der Waals surface area contributed by atoms with E-state index in [0.717, 1.165) is 43.0 Å². The van der Waals surface area contributed by atoms with E-state index in [-0.39, 0.29) is 12.4 Å². The van der Waals surface area contributed by atoms with Crippen LogP contribution in [0.4, 0.5) is 5.69 Å². The second kappa shape index (κ2) is 10.3. The number of aromatic nitrogens is 1. The molecule has 0 fully saturated rings. The number of rotatable bonds is 10. The van der Waals surface area contributed by atoms with E-state index in [1.54, 1.807) is 23.5 Å². The SMILES string of the molecule is CCCCNc1ccccc1C(=O)OCC(=O)c1cc(C)n(Cc2cccs2)c1C. The smallest absolute Gasteiger partial charge is 0.340 e. The van der Waals surface area contributed by atoms with Gasteiger partial charge in [0.15, 0.2) is 6.61 Å².